The second-order valence-electron chi connectivity index (χ2n) is 4.22. The van der Waals surface area contributed by atoms with Crippen molar-refractivity contribution in [2.75, 3.05) is 13.1 Å². The zero-order valence-corrected chi connectivity index (χ0v) is 9.07. The summed E-state index contributed by atoms with van der Waals surface area (Å²) in [5.41, 5.74) is 6.80. The summed E-state index contributed by atoms with van der Waals surface area (Å²) in [5, 5.41) is 12.4. The summed E-state index contributed by atoms with van der Waals surface area (Å²) in [6.07, 6.45) is 1.08. The van der Waals surface area contributed by atoms with E-state index in [0.29, 0.717) is 25.9 Å². The summed E-state index contributed by atoms with van der Waals surface area (Å²) in [4.78, 5) is 11.4. The van der Waals surface area contributed by atoms with Crippen LogP contribution in [0.15, 0.2) is 24.3 Å². The van der Waals surface area contributed by atoms with Gasteiger partial charge in [-0.25, -0.2) is 0 Å². The maximum Gasteiger partial charge on any atom is 0.324 e. The van der Waals surface area contributed by atoms with Gasteiger partial charge in [0.1, 0.15) is 5.54 Å². The van der Waals surface area contributed by atoms with Crippen molar-refractivity contribution in [3.05, 3.63) is 35.4 Å². The van der Waals surface area contributed by atoms with Crippen LogP contribution >= 0.6 is 0 Å². The molecule has 0 fully saturated rings. The SMILES string of the molecule is NCCNC1(C(=O)O)Cc2ccccc2C1. The van der Waals surface area contributed by atoms with E-state index in [1.807, 2.05) is 24.3 Å². The average molecular weight is 220 g/mol. The Labute approximate surface area is 94.5 Å². The first kappa shape index (κ1) is 11.1. The van der Waals surface area contributed by atoms with Crippen LogP contribution in [-0.4, -0.2) is 29.7 Å². The summed E-state index contributed by atoms with van der Waals surface area (Å²) in [5.74, 6) is -0.794. The van der Waals surface area contributed by atoms with Crippen molar-refractivity contribution in [3.8, 4) is 0 Å². The Kier molecular flexibility index (Phi) is 2.94. The van der Waals surface area contributed by atoms with Gasteiger partial charge in [0.25, 0.3) is 0 Å². The van der Waals surface area contributed by atoms with Crippen molar-refractivity contribution in [3.63, 3.8) is 0 Å². The van der Waals surface area contributed by atoms with E-state index in [9.17, 15) is 9.90 Å². The molecule has 1 aromatic rings. The molecule has 0 saturated heterocycles. The molecule has 86 valence electrons. The summed E-state index contributed by atoms with van der Waals surface area (Å²) >= 11 is 0. The summed E-state index contributed by atoms with van der Waals surface area (Å²) in [7, 11) is 0. The largest absolute Gasteiger partial charge is 0.480 e. The monoisotopic (exact) mass is 220 g/mol. The second-order valence-corrected chi connectivity index (χ2v) is 4.22. The molecule has 16 heavy (non-hydrogen) atoms. The van der Waals surface area contributed by atoms with Crippen LogP contribution < -0.4 is 11.1 Å². The first-order chi connectivity index (χ1) is 7.68. The first-order valence-electron chi connectivity index (χ1n) is 5.43. The van der Waals surface area contributed by atoms with Gasteiger partial charge in [-0.2, -0.15) is 0 Å². The third kappa shape index (κ3) is 1.81. The minimum Gasteiger partial charge on any atom is -0.480 e. The molecule has 0 radical (unpaired) electrons. The zero-order valence-electron chi connectivity index (χ0n) is 9.07. The molecular formula is C12H16N2O2. The Morgan fingerprint density at radius 3 is 2.38 bits per heavy atom. The second kappa shape index (κ2) is 4.23. The van der Waals surface area contributed by atoms with Crippen molar-refractivity contribution in [1.29, 1.82) is 0 Å². The lowest BCUT2D eigenvalue weighted by molar-refractivity contribution is -0.144. The van der Waals surface area contributed by atoms with Crippen LogP contribution in [0.25, 0.3) is 0 Å². The lowest BCUT2D eigenvalue weighted by Crippen LogP contribution is -2.54. The van der Waals surface area contributed by atoms with Crippen molar-refractivity contribution >= 4 is 5.97 Å². The van der Waals surface area contributed by atoms with Gasteiger partial charge >= 0.3 is 5.97 Å². The molecule has 0 spiro atoms. The zero-order chi connectivity index (χ0) is 11.6. The van der Waals surface area contributed by atoms with E-state index >= 15 is 0 Å². The Bertz CT molecular complexity index is 379. The molecule has 1 aromatic carbocycles. The highest BCUT2D eigenvalue weighted by molar-refractivity contribution is 5.81. The third-order valence-electron chi connectivity index (χ3n) is 3.12. The summed E-state index contributed by atoms with van der Waals surface area (Å²) < 4.78 is 0. The van der Waals surface area contributed by atoms with Crippen LogP contribution in [0.4, 0.5) is 0 Å². The number of hydrogen-bond donors (Lipinski definition) is 3. The number of nitrogens with two attached hydrogens (primary N) is 1. The van der Waals surface area contributed by atoms with E-state index in [0.717, 1.165) is 11.1 Å². The van der Waals surface area contributed by atoms with E-state index in [-0.39, 0.29) is 0 Å². The van der Waals surface area contributed by atoms with Gasteiger partial charge in [0, 0.05) is 25.9 Å². The van der Waals surface area contributed by atoms with E-state index < -0.39 is 11.5 Å². The molecule has 4 heteroatoms. The van der Waals surface area contributed by atoms with Crippen LogP contribution in [0.1, 0.15) is 11.1 Å². The molecule has 2 rings (SSSR count). The fourth-order valence-corrected chi connectivity index (χ4v) is 2.28. The summed E-state index contributed by atoms with van der Waals surface area (Å²) in [6, 6.07) is 7.87. The fraction of sp³-hybridized carbons (Fsp3) is 0.417. The molecule has 4 N–H and O–H groups in total. The number of rotatable bonds is 4. The number of nitrogens with one attached hydrogen (secondary N) is 1. The molecular weight excluding hydrogens is 204 g/mol. The Morgan fingerprint density at radius 1 is 1.38 bits per heavy atom. The summed E-state index contributed by atoms with van der Waals surface area (Å²) in [6.45, 7) is 0.978. The van der Waals surface area contributed by atoms with Crippen LogP contribution in [0.3, 0.4) is 0 Å². The van der Waals surface area contributed by atoms with E-state index in [1.165, 1.54) is 0 Å². The third-order valence-corrected chi connectivity index (χ3v) is 3.12. The first-order valence-corrected chi connectivity index (χ1v) is 5.43. The number of carbonyl (C=O) groups is 1. The van der Waals surface area contributed by atoms with E-state index in [4.69, 9.17) is 5.73 Å². The Balaban J connectivity index is 2.24. The molecule has 0 aromatic heterocycles. The van der Waals surface area contributed by atoms with Crippen LogP contribution in [0.2, 0.25) is 0 Å². The minimum absolute atomic E-state index is 0.450. The van der Waals surface area contributed by atoms with Crippen molar-refractivity contribution in [1.82, 2.24) is 5.32 Å². The number of carboxylic acids is 1. The number of carboxylic acid groups (broad SMARTS) is 1. The maximum atomic E-state index is 11.4. The van der Waals surface area contributed by atoms with E-state index in [1.54, 1.807) is 0 Å². The number of fused-ring (bicyclic) bond motifs is 1. The quantitative estimate of drug-likeness (QED) is 0.675. The van der Waals surface area contributed by atoms with Crippen molar-refractivity contribution in [2.24, 2.45) is 5.73 Å². The van der Waals surface area contributed by atoms with Gasteiger partial charge in [-0.3, -0.25) is 4.79 Å². The smallest absolute Gasteiger partial charge is 0.324 e. The molecule has 4 nitrogen and oxygen atoms in total. The number of hydrogen-bond acceptors (Lipinski definition) is 3. The number of aliphatic carboxylic acids is 1. The highest BCUT2D eigenvalue weighted by atomic mass is 16.4. The minimum atomic E-state index is -0.858. The molecule has 1 aliphatic rings. The van der Waals surface area contributed by atoms with Gasteiger partial charge in [0.15, 0.2) is 0 Å². The molecule has 0 heterocycles. The van der Waals surface area contributed by atoms with Gasteiger partial charge in [-0.05, 0) is 11.1 Å². The van der Waals surface area contributed by atoms with Gasteiger partial charge in [-0.15, -0.1) is 0 Å². The molecule has 0 atom stereocenters. The van der Waals surface area contributed by atoms with Crippen molar-refractivity contribution < 1.29 is 9.90 Å². The topological polar surface area (TPSA) is 75.3 Å². The molecule has 0 unspecified atom stereocenters. The molecule has 1 aliphatic carbocycles. The predicted molar refractivity (Wildman–Crippen MR) is 61.3 cm³/mol. The highest BCUT2D eigenvalue weighted by Crippen LogP contribution is 2.30. The van der Waals surface area contributed by atoms with E-state index in [2.05, 4.69) is 5.32 Å². The van der Waals surface area contributed by atoms with Gasteiger partial charge in [-0.1, -0.05) is 24.3 Å². The normalized spacial score (nSPS) is 17.1. The van der Waals surface area contributed by atoms with Gasteiger partial charge in [0.2, 0.25) is 0 Å². The molecule has 0 bridgehead atoms. The standard InChI is InChI=1S/C12H16N2O2/c13-5-6-14-12(11(15)16)7-9-3-1-2-4-10(9)8-12/h1-4,14H,5-8,13H2,(H,15,16). The molecule has 0 amide bonds. The lowest BCUT2D eigenvalue weighted by atomic mass is 9.96. The average Bonchev–Trinajstić information content (AvgIpc) is 2.66. The number of benzene rings is 1. The van der Waals surface area contributed by atoms with Crippen LogP contribution in [-0.2, 0) is 17.6 Å². The lowest BCUT2D eigenvalue weighted by Gasteiger charge is -2.25. The van der Waals surface area contributed by atoms with Crippen LogP contribution in [0.5, 0.6) is 0 Å². The molecule has 0 saturated carbocycles. The predicted octanol–water partition coefficient (Wildman–Crippen LogP) is 0.157. The maximum absolute atomic E-state index is 11.4. The fourth-order valence-electron chi connectivity index (χ4n) is 2.28. The van der Waals surface area contributed by atoms with Gasteiger partial charge in [0.05, 0.1) is 0 Å². The van der Waals surface area contributed by atoms with Gasteiger partial charge < -0.3 is 16.2 Å². The Hall–Kier alpha value is -1.39. The van der Waals surface area contributed by atoms with Crippen LogP contribution in [0, 0.1) is 0 Å². The Morgan fingerprint density at radius 2 is 1.94 bits per heavy atom. The molecule has 0 aliphatic heterocycles. The van der Waals surface area contributed by atoms with Crippen molar-refractivity contribution in [2.45, 2.75) is 18.4 Å². The highest BCUT2D eigenvalue weighted by Gasteiger charge is 2.43.